The molecule has 1 aliphatic rings. The maximum absolute atomic E-state index is 14.6. The average Bonchev–Trinajstić information content (AvgIpc) is 3.02. The number of hydrogen-bond donors (Lipinski definition) is 2. The van der Waals surface area contributed by atoms with Crippen molar-refractivity contribution in [3.05, 3.63) is 53.6 Å². The summed E-state index contributed by atoms with van der Waals surface area (Å²) in [5.41, 5.74) is 5.54. The number of carboxylic acid groups (broad SMARTS) is 1. The van der Waals surface area contributed by atoms with Gasteiger partial charge in [0.25, 0.3) is 0 Å². The van der Waals surface area contributed by atoms with Crippen LogP contribution in [0.4, 0.5) is 19.3 Å². The third kappa shape index (κ3) is 3.56. The van der Waals surface area contributed by atoms with Gasteiger partial charge in [0.2, 0.25) is 0 Å². The van der Waals surface area contributed by atoms with Crippen molar-refractivity contribution >= 4 is 23.5 Å². The van der Waals surface area contributed by atoms with Gasteiger partial charge in [-0.1, -0.05) is 6.07 Å². The van der Waals surface area contributed by atoms with Gasteiger partial charge in [0.15, 0.2) is 0 Å². The van der Waals surface area contributed by atoms with E-state index in [9.17, 15) is 23.2 Å². The lowest BCUT2D eigenvalue weighted by molar-refractivity contribution is -0.120. The van der Waals surface area contributed by atoms with Crippen LogP contribution in [0, 0.1) is 11.6 Å². The Labute approximate surface area is 158 Å². The summed E-state index contributed by atoms with van der Waals surface area (Å²) in [6.07, 6.45) is -1.60. The molecule has 1 fully saturated rings. The monoisotopic (exact) mass is 390 g/mol. The number of anilines is 1. The maximum atomic E-state index is 14.6. The smallest absolute Gasteiger partial charge is 0.414 e. The highest BCUT2D eigenvalue weighted by Crippen LogP contribution is 2.30. The van der Waals surface area contributed by atoms with Gasteiger partial charge in [-0.25, -0.2) is 18.4 Å². The Morgan fingerprint density at radius 2 is 1.93 bits per heavy atom. The zero-order valence-electron chi connectivity index (χ0n) is 14.7. The van der Waals surface area contributed by atoms with Gasteiger partial charge in [0.1, 0.15) is 29.6 Å². The van der Waals surface area contributed by atoms with E-state index in [1.807, 2.05) is 0 Å². The van der Waals surface area contributed by atoms with Crippen molar-refractivity contribution in [2.45, 2.75) is 19.1 Å². The number of ether oxygens (including phenoxy) is 1. The van der Waals surface area contributed by atoms with Gasteiger partial charge in [-0.15, -0.1) is 0 Å². The predicted octanol–water partition coefficient (Wildman–Crippen LogP) is 2.57. The van der Waals surface area contributed by atoms with Crippen LogP contribution in [0.15, 0.2) is 36.4 Å². The molecule has 1 saturated heterocycles. The second-order valence-corrected chi connectivity index (χ2v) is 6.33. The van der Waals surface area contributed by atoms with Gasteiger partial charge in [-0.3, -0.25) is 9.69 Å². The molecule has 0 bridgehead atoms. The first-order chi connectivity index (χ1) is 13.2. The topological polar surface area (TPSA) is 110 Å². The summed E-state index contributed by atoms with van der Waals surface area (Å²) in [5.74, 6) is -3.50. The van der Waals surface area contributed by atoms with E-state index in [1.165, 1.54) is 25.1 Å². The van der Waals surface area contributed by atoms with Crippen LogP contribution >= 0.6 is 0 Å². The lowest BCUT2D eigenvalue weighted by Gasteiger charge is -2.16. The lowest BCUT2D eigenvalue weighted by Crippen LogP contribution is -2.43. The van der Waals surface area contributed by atoms with Crippen molar-refractivity contribution in [2.75, 3.05) is 11.4 Å². The molecule has 1 heterocycles. The Hall–Kier alpha value is -3.33. The van der Waals surface area contributed by atoms with Gasteiger partial charge in [-0.2, -0.15) is 0 Å². The minimum Gasteiger partial charge on any atom is -0.478 e. The van der Waals surface area contributed by atoms with Crippen molar-refractivity contribution in [1.82, 2.24) is 0 Å². The fourth-order valence-corrected chi connectivity index (χ4v) is 2.91. The van der Waals surface area contributed by atoms with Crippen molar-refractivity contribution in [1.29, 1.82) is 0 Å². The van der Waals surface area contributed by atoms with E-state index < -0.39 is 41.4 Å². The largest absolute Gasteiger partial charge is 0.478 e. The highest BCUT2D eigenvalue weighted by Gasteiger charge is 2.37. The van der Waals surface area contributed by atoms with Crippen molar-refractivity contribution in [2.24, 2.45) is 5.73 Å². The first-order valence-electron chi connectivity index (χ1n) is 8.26. The number of benzene rings is 2. The molecule has 0 aromatic heterocycles. The molecule has 2 aromatic carbocycles. The van der Waals surface area contributed by atoms with E-state index in [0.29, 0.717) is 0 Å². The third-order valence-electron chi connectivity index (χ3n) is 4.48. The molecule has 146 valence electrons. The molecule has 9 heteroatoms. The molecule has 1 amide bonds. The Balaban J connectivity index is 1.87. The molecule has 0 saturated carbocycles. The second-order valence-electron chi connectivity index (χ2n) is 6.33. The van der Waals surface area contributed by atoms with Crippen LogP contribution in [-0.2, 0) is 9.53 Å². The number of aromatic carboxylic acids is 1. The summed E-state index contributed by atoms with van der Waals surface area (Å²) in [7, 11) is 0. The number of cyclic esters (lactones) is 1. The number of carbonyl (C=O) groups is 3. The SMILES string of the molecule is CC(=O)[C@@H](N)C1CN(c2ccc(-c3ccc(C(=O)O)c(F)c3)c(F)c2)C(=O)O1. The van der Waals surface area contributed by atoms with Crippen molar-refractivity contribution < 1.29 is 33.0 Å². The number of hydrogen-bond acceptors (Lipinski definition) is 5. The highest BCUT2D eigenvalue weighted by atomic mass is 19.1. The quantitative estimate of drug-likeness (QED) is 0.812. The number of amides is 1. The van der Waals surface area contributed by atoms with E-state index in [-0.39, 0.29) is 29.1 Å². The first kappa shape index (κ1) is 19.4. The van der Waals surface area contributed by atoms with E-state index >= 15 is 0 Å². The zero-order chi connectivity index (χ0) is 20.6. The van der Waals surface area contributed by atoms with Gasteiger partial charge in [-0.05, 0) is 42.8 Å². The Bertz CT molecular complexity index is 979. The Morgan fingerprint density at radius 1 is 1.21 bits per heavy atom. The summed E-state index contributed by atoms with van der Waals surface area (Å²) in [6, 6.07) is 6.13. The molecule has 2 aromatic rings. The standard InChI is InChI=1S/C19H16F2N2O5/c1-9(24)17(22)16-8-23(19(27)28-16)11-3-5-12(15(21)7-11)10-2-4-13(18(25)26)14(20)6-10/h2-7,16-17H,8,22H2,1H3,(H,25,26)/t16?,17-/m1/s1. The third-order valence-corrected chi connectivity index (χ3v) is 4.48. The molecule has 0 spiro atoms. The number of carboxylic acids is 1. The molecule has 7 nitrogen and oxygen atoms in total. The number of nitrogens with zero attached hydrogens (tertiary/aromatic N) is 1. The van der Waals surface area contributed by atoms with Gasteiger partial charge >= 0.3 is 12.1 Å². The number of ketones is 1. The van der Waals surface area contributed by atoms with Crippen LogP contribution < -0.4 is 10.6 Å². The predicted molar refractivity (Wildman–Crippen MR) is 95.0 cm³/mol. The normalized spacial score (nSPS) is 17.4. The summed E-state index contributed by atoms with van der Waals surface area (Å²) in [5, 5.41) is 8.87. The number of rotatable bonds is 5. The van der Waals surface area contributed by atoms with Gasteiger partial charge < -0.3 is 15.6 Å². The molecule has 0 aliphatic carbocycles. The van der Waals surface area contributed by atoms with Crippen molar-refractivity contribution in [3.63, 3.8) is 0 Å². The molecule has 3 rings (SSSR count). The number of halogens is 2. The minimum atomic E-state index is -1.43. The number of Topliss-reactive ketones (excluding diaryl/α,β-unsaturated/α-hetero) is 1. The van der Waals surface area contributed by atoms with Gasteiger partial charge in [0, 0.05) is 5.56 Å². The average molecular weight is 390 g/mol. The minimum absolute atomic E-state index is 0.0136. The van der Waals surface area contributed by atoms with E-state index in [4.69, 9.17) is 15.6 Å². The van der Waals surface area contributed by atoms with Crippen molar-refractivity contribution in [3.8, 4) is 11.1 Å². The van der Waals surface area contributed by atoms with Crippen LogP contribution in [0.3, 0.4) is 0 Å². The van der Waals surface area contributed by atoms with E-state index in [0.717, 1.165) is 23.1 Å². The molecule has 1 aliphatic heterocycles. The molecule has 2 atom stereocenters. The summed E-state index contributed by atoms with van der Waals surface area (Å²) < 4.78 is 33.5. The first-order valence-corrected chi connectivity index (χ1v) is 8.26. The van der Waals surface area contributed by atoms with Gasteiger partial charge in [0.05, 0.1) is 17.8 Å². The van der Waals surface area contributed by atoms with E-state index in [2.05, 4.69) is 0 Å². The fourth-order valence-electron chi connectivity index (χ4n) is 2.91. The number of nitrogens with two attached hydrogens (primary N) is 1. The molecule has 1 unspecified atom stereocenters. The van der Waals surface area contributed by atoms with E-state index in [1.54, 1.807) is 0 Å². The summed E-state index contributed by atoms with van der Waals surface area (Å²) in [4.78, 5) is 35.4. The van der Waals surface area contributed by atoms with Crippen LogP contribution in [0.25, 0.3) is 11.1 Å². The Morgan fingerprint density at radius 3 is 2.50 bits per heavy atom. The summed E-state index contributed by atoms with van der Waals surface area (Å²) in [6.45, 7) is 1.27. The molecule has 28 heavy (non-hydrogen) atoms. The van der Waals surface area contributed by atoms with Crippen LogP contribution in [0.1, 0.15) is 17.3 Å². The Kier molecular flexibility index (Phi) is 5.10. The van der Waals surface area contributed by atoms with Crippen LogP contribution in [0.2, 0.25) is 0 Å². The maximum Gasteiger partial charge on any atom is 0.414 e. The highest BCUT2D eigenvalue weighted by molar-refractivity contribution is 5.92. The molecular weight excluding hydrogens is 374 g/mol. The number of carbonyl (C=O) groups excluding carboxylic acids is 2. The molecule has 3 N–H and O–H groups in total. The van der Waals surface area contributed by atoms with Crippen LogP contribution in [-0.4, -0.2) is 41.6 Å². The zero-order valence-corrected chi connectivity index (χ0v) is 14.7. The fraction of sp³-hybridized carbons (Fsp3) is 0.211. The molecule has 0 radical (unpaired) electrons. The lowest BCUT2D eigenvalue weighted by atomic mass is 10.0. The second kappa shape index (κ2) is 7.35. The summed E-state index contributed by atoms with van der Waals surface area (Å²) >= 11 is 0. The molecular formula is C19H16F2N2O5. The van der Waals surface area contributed by atoms with Crippen LogP contribution in [0.5, 0.6) is 0 Å².